The Hall–Kier alpha value is -1.36. The number of rotatable bonds is 2. The first-order valence-corrected chi connectivity index (χ1v) is 7.14. The van der Waals surface area contributed by atoms with Crippen LogP contribution in [0.5, 0.6) is 0 Å². The van der Waals surface area contributed by atoms with E-state index in [4.69, 9.17) is 0 Å². The molecule has 0 spiro atoms. The van der Waals surface area contributed by atoms with Gasteiger partial charge >= 0.3 is 0 Å². The van der Waals surface area contributed by atoms with Crippen molar-refractivity contribution in [3.8, 4) is 0 Å². The summed E-state index contributed by atoms with van der Waals surface area (Å²) in [6.45, 7) is 1.49. The van der Waals surface area contributed by atoms with Gasteiger partial charge in [-0.05, 0) is 19.1 Å². The van der Waals surface area contributed by atoms with E-state index in [2.05, 4.69) is 12.6 Å². The molecule has 0 radical (unpaired) electrons. The molecule has 1 atom stereocenters. The van der Waals surface area contributed by atoms with Gasteiger partial charge in [-0.15, -0.1) is 24.0 Å². The van der Waals surface area contributed by atoms with E-state index in [0.717, 1.165) is 20.2 Å². The van der Waals surface area contributed by atoms with E-state index in [1.807, 2.05) is 36.4 Å². The molecule has 0 saturated carbocycles. The molecule has 0 aliphatic rings. The lowest BCUT2D eigenvalue weighted by Crippen LogP contribution is -2.28. The Bertz CT molecular complexity index is 787. The Morgan fingerprint density at radius 3 is 2.58 bits per heavy atom. The molecule has 0 fully saturated rings. The molecule has 0 aliphatic carbocycles. The molecule has 3 rings (SSSR count). The number of aliphatic hydroxyl groups is 1. The third-order valence-corrected chi connectivity index (χ3v) is 4.91. The van der Waals surface area contributed by atoms with Gasteiger partial charge in [-0.3, -0.25) is 4.79 Å². The molecule has 3 aromatic rings. The van der Waals surface area contributed by atoms with Gasteiger partial charge in [0.25, 0.3) is 0 Å². The molecule has 1 aromatic heterocycles. The number of fused-ring (bicyclic) bond motifs is 3. The van der Waals surface area contributed by atoms with E-state index in [1.54, 1.807) is 17.4 Å². The molecular weight excluding hydrogens is 276 g/mol. The lowest BCUT2D eigenvalue weighted by Gasteiger charge is -2.20. The van der Waals surface area contributed by atoms with Crippen molar-refractivity contribution in [3.05, 3.63) is 48.0 Å². The zero-order valence-corrected chi connectivity index (χ0v) is 12.0. The Kier molecular flexibility index (Phi) is 2.89. The molecule has 19 heavy (non-hydrogen) atoms. The fourth-order valence-corrected chi connectivity index (χ4v) is 3.55. The summed E-state index contributed by atoms with van der Waals surface area (Å²) in [7, 11) is 0. The Labute approximate surface area is 120 Å². The van der Waals surface area contributed by atoms with Crippen LogP contribution < -0.4 is 0 Å². The maximum absolute atomic E-state index is 11.6. The van der Waals surface area contributed by atoms with Gasteiger partial charge in [0, 0.05) is 25.7 Å². The van der Waals surface area contributed by atoms with Crippen molar-refractivity contribution in [2.24, 2.45) is 0 Å². The summed E-state index contributed by atoms with van der Waals surface area (Å²) < 4.78 is 2.21. The molecule has 0 bridgehead atoms. The quantitative estimate of drug-likeness (QED) is 0.705. The smallest absolute Gasteiger partial charge is 0.221 e. The van der Waals surface area contributed by atoms with E-state index in [1.165, 1.54) is 6.92 Å². The van der Waals surface area contributed by atoms with Crippen LogP contribution in [0.2, 0.25) is 0 Å². The number of hydrogen-bond acceptors (Lipinski definition) is 3. The summed E-state index contributed by atoms with van der Waals surface area (Å²) in [4.78, 5) is 11.6. The summed E-state index contributed by atoms with van der Waals surface area (Å²) in [5.74, 6) is 0. The third kappa shape index (κ3) is 1.87. The highest BCUT2D eigenvalue weighted by Crippen LogP contribution is 2.39. The fourth-order valence-electron chi connectivity index (χ4n) is 2.30. The first kappa shape index (κ1) is 12.7. The SMILES string of the molecule is CC(O)(C(=O)S)c1cccc2sc3ccccc3c12. The van der Waals surface area contributed by atoms with E-state index >= 15 is 0 Å². The summed E-state index contributed by atoms with van der Waals surface area (Å²) in [5.41, 5.74) is -0.964. The average Bonchev–Trinajstić information content (AvgIpc) is 2.76. The second-order valence-corrected chi connectivity index (χ2v) is 6.14. The van der Waals surface area contributed by atoms with Crippen molar-refractivity contribution in [2.45, 2.75) is 12.5 Å². The van der Waals surface area contributed by atoms with Crippen LogP contribution in [0.25, 0.3) is 20.2 Å². The van der Waals surface area contributed by atoms with Crippen LogP contribution in [-0.4, -0.2) is 10.2 Å². The van der Waals surface area contributed by atoms with Gasteiger partial charge < -0.3 is 5.11 Å². The summed E-state index contributed by atoms with van der Waals surface area (Å²) >= 11 is 5.46. The highest BCUT2D eigenvalue weighted by atomic mass is 32.1. The molecular formula is C15H12O2S2. The van der Waals surface area contributed by atoms with Gasteiger partial charge in [0.15, 0.2) is 5.60 Å². The van der Waals surface area contributed by atoms with E-state index in [0.29, 0.717) is 5.56 Å². The van der Waals surface area contributed by atoms with E-state index in [9.17, 15) is 9.90 Å². The van der Waals surface area contributed by atoms with Gasteiger partial charge in [0.2, 0.25) is 5.12 Å². The Morgan fingerprint density at radius 2 is 1.84 bits per heavy atom. The number of benzene rings is 2. The standard InChI is InChI=1S/C15H12O2S2/c1-15(17,14(16)18)10-6-4-8-12-13(10)9-5-2-3-7-11(9)19-12/h2-8,17H,1H3,(H,16,18). The largest absolute Gasteiger partial charge is 0.377 e. The average molecular weight is 288 g/mol. The predicted molar refractivity (Wildman–Crippen MR) is 82.9 cm³/mol. The highest BCUT2D eigenvalue weighted by Gasteiger charge is 2.32. The van der Waals surface area contributed by atoms with Crippen molar-refractivity contribution in [2.75, 3.05) is 0 Å². The predicted octanol–water partition coefficient (Wildman–Crippen LogP) is 3.72. The van der Waals surface area contributed by atoms with Crippen molar-refractivity contribution < 1.29 is 9.90 Å². The summed E-state index contributed by atoms with van der Waals surface area (Å²) in [6, 6.07) is 13.6. The molecule has 4 heteroatoms. The minimum Gasteiger partial charge on any atom is -0.377 e. The number of thiophene rings is 1. The van der Waals surface area contributed by atoms with Crippen LogP contribution in [0.3, 0.4) is 0 Å². The third-order valence-electron chi connectivity index (χ3n) is 3.34. The first-order valence-electron chi connectivity index (χ1n) is 5.88. The van der Waals surface area contributed by atoms with Crippen LogP contribution in [0.4, 0.5) is 0 Å². The maximum Gasteiger partial charge on any atom is 0.221 e. The number of carbonyl (C=O) groups excluding carboxylic acids is 1. The van der Waals surface area contributed by atoms with Crippen LogP contribution in [0.1, 0.15) is 12.5 Å². The van der Waals surface area contributed by atoms with Crippen LogP contribution in [-0.2, 0) is 10.4 Å². The molecule has 0 saturated heterocycles. The van der Waals surface area contributed by atoms with Gasteiger partial charge in [0.05, 0.1) is 0 Å². The molecule has 1 N–H and O–H groups in total. The number of hydrogen-bond donors (Lipinski definition) is 2. The van der Waals surface area contributed by atoms with Gasteiger partial charge in [0.1, 0.15) is 0 Å². The molecule has 96 valence electrons. The second-order valence-electron chi connectivity index (χ2n) is 4.65. The Morgan fingerprint density at radius 1 is 1.16 bits per heavy atom. The fraction of sp³-hybridized carbons (Fsp3) is 0.133. The van der Waals surface area contributed by atoms with Crippen LogP contribution in [0.15, 0.2) is 42.5 Å². The van der Waals surface area contributed by atoms with Crippen molar-refractivity contribution >= 4 is 49.3 Å². The molecule has 1 unspecified atom stereocenters. The van der Waals surface area contributed by atoms with Gasteiger partial charge in [-0.1, -0.05) is 30.3 Å². The van der Waals surface area contributed by atoms with Crippen LogP contribution in [0, 0.1) is 0 Å². The lowest BCUT2D eigenvalue weighted by atomic mass is 9.93. The zero-order chi connectivity index (χ0) is 13.6. The molecule has 0 aliphatic heterocycles. The zero-order valence-electron chi connectivity index (χ0n) is 10.3. The van der Waals surface area contributed by atoms with Crippen molar-refractivity contribution in [1.82, 2.24) is 0 Å². The van der Waals surface area contributed by atoms with E-state index in [-0.39, 0.29) is 0 Å². The van der Waals surface area contributed by atoms with Gasteiger partial charge in [-0.2, -0.15) is 0 Å². The van der Waals surface area contributed by atoms with Crippen LogP contribution >= 0.6 is 24.0 Å². The maximum atomic E-state index is 11.6. The monoisotopic (exact) mass is 288 g/mol. The molecule has 0 amide bonds. The normalized spacial score (nSPS) is 14.7. The highest BCUT2D eigenvalue weighted by molar-refractivity contribution is 7.96. The number of carbonyl (C=O) groups is 1. The number of thiol groups is 1. The minimum atomic E-state index is -1.58. The Balaban J connectivity index is 2.46. The molecule has 2 nitrogen and oxygen atoms in total. The first-order chi connectivity index (χ1) is 9.01. The molecule has 1 heterocycles. The van der Waals surface area contributed by atoms with Crippen molar-refractivity contribution in [1.29, 1.82) is 0 Å². The topological polar surface area (TPSA) is 37.3 Å². The van der Waals surface area contributed by atoms with E-state index < -0.39 is 10.7 Å². The van der Waals surface area contributed by atoms with Crippen molar-refractivity contribution in [3.63, 3.8) is 0 Å². The summed E-state index contributed by atoms with van der Waals surface area (Å²) in [5, 5.41) is 11.9. The second kappa shape index (κ2) is 4.34. The van der Waals surface area contributed by atoms with Gasteiger partial charge in [-0.25, -0.2) is 0 Å². The lowest BCUT2D eigenvalue weighted by molar-refractivity contribution is -0.126. The molecule has 2 aromatic carbocycles. The summed E-state index contributed by atoms with van der Waals surface area (Å²) in [6.07, 6.45) is 0. The minimum absolute atomic E-state index is 0.546.